The van der Waals surface area contributed by atoms with Crippen molar-refractivity contribution >= 4 is 0 Å². The van der Waals surface area contributed by atoms with Crippen molar-refractivity contribution in [3.8, 4) is 0 Å². The number of rotatable bonds is 3. The fourth-order valence-electron chi connectivity index (χ4n) is 3.36. The Labute approximate surface area is 114 Å². The Morgan fingerprint density at radius 3 is 2.89 bits per heavy atom. The maximum Gasteiger partial charge on any atom is 0.150 e. The molecule has 3 atom stereocenters. The Hall–Kier alpha value is -0.940. The summed E-state index contributed by atoms with van der Waals surface area (Å²) in [5, 5.41) is 12.5. The van der Waals surface area contributed by atoms with E-state index in [0.29, 0.717) is 24.0 Å². The Morgan fingerprint density at radius 2 is 2.16 bits per heavy atom. The molecule has 3 unspecified atom stereocenters. The van der Waals surface area contributed by atoms with E-state index in [2.05, 4.69) is 40.9 Å². The molecule has 0 aliphatic carbocycles. The van der Waals surface area contributed by atoms with Gasteiger partial charge in [0, 0.05) is 25.6 Å². The lowest BCUT2D eigenvalue weighted by Crippen LogP contribution is -2.37. The van der Waals surface area contributed by atoms with Crippen LogP contribution in [-0.2, 0) is 11.3 Å². The first-order valence-electron chi connectivity index (χ1n) is 7.50. The molecule has 0 spiro atoms. The van der Waals surface area contributed by atoms with Crippen LogP contribution in [0.1, 0.15) is 57.2 Å². The van der Waals surface area contributed by atoms with Gasteiger partial charge in [-0.1, -0.05) is 20.8 Å². The van der Waals surface area contributed by atoms with Crippen LogP contribution < -0.4 is 5.32 Å². The zero-order valence-corrected chi connectivity index (χ0v) is 12.1. The second-order valence-corrected chi connectivity index (χ2v) is 5.96. The number of fused-ring (bicyclic) bond motifs is 1. The summed E-state index contributed by atoms with van der Waals surface area (Å²) in [6.45, 7) is 9.50. The van der Waals surface area contributed by atoms with E-state index in [1.165, 1.54) is 0 Å². The normalized spacial score (nSPS) is 30.8. The summed E-state index contributed by atoms with van der Waals surface area (Å²) >= 11 is 0. The van der Waals surface area contributed by atoms with Crippen LogP contribution in [0.5, 0.6) is 0 Å². The van der Waals surface area contributed by atoms with Crippen molar-refractivity contribution in [2.45, 2.75) is 58.2 Å². The molecule has 1 saturated heterocycles. The fourth-order valence-corrected chi connectivity index (χ4v) is 3.36. The molecule has 0 radical (unpaired) electrons. The summed E-state index contributed by atoms with van der Waals surface area (Å²) in [5.41, 5.74) is 0. The average molecular weight is 264 g/mol. The van der Waals surface area contributed by atoms with Crippen LogP contribution in [0.4, 0.5) is 0 Å². The smallest absolute Gasteiger partial charge is 0.150 e. The molecular weight excluding hydrogens is 240 g/mol. The summed E-state index contributed by atoms with van der Waals surface area (Å²) in [7, 11) is 0. The molecule has 106 valence electrons. The maximum atomic E-state index is 5.81. The van der Waals surface area contributed by atoms with Gasteiger partial charge in [-0.2, -0.15) is 0 Å². The molecule has 0 amide bonds. The highest BCUT2D eigenvalue weighted by Crippen LogP contribution is 2.34. The molecule has 3 heterocycles. The molecule has 0 bridgehead atoms. The van der Waals surface area contributed by atoms with Crippen LogP contribution in [0.25, 0.3) is 0 Å². The average Bonchev–Trinajstić information content (AvgIpc) is 3.03. The van der Waals surface area contributed by atoms with E-state index in [0.717, 1.165) is 44.2 Å². The van der Waals surface area contributed by atoms with Gasteiger partial charge in [-0.3, -0.25) is 0 Å². The summed E-state index contributed by atoms with van der Waals surface area (Å²) < 4.78 is 8.14. The van der Waals surface area contributed by atoms with Crippen molar-refractivity contribution in [1.82, 2.24) is 20.1 Å². The SMILES string of the molecule is CCC1OCCC1c1nnc2n1CCNC2C(C)C. The number of nitrogens with zero attached hydrogens (tertiary/aromatic N) is 3. The fraction of sp³-hybridized carbons (Fsp3) is 0.857. The van der Waals surface area contributed by atoms with Gasteiger partial charge in [0.25, 0.3) is 0 Å². The van der Waals surface area contributed by atoms with Crippen LogP contribution in [-0.4, -0.2) is 34.0 Å². The molecule has 5 nitrogen and oxygen atoms in total. The van der Waals surface area contributed by atoms with Crippen LogP contribution >= 0.6 is 0 Å². The third-order valence-electron chi connectivity index (χ3n) is 4.40. The molecule has 2 aliphatic rings. The number of aromatic nitrogens is 3. The topological polar surface area (TPSA) is 52.0 Å². The van der Waals surface area contributed by atoms with E-state index in [4.69, 9.17) is 4.74 Å². The van der Waals surface area contributed by atoms with Crippen molar-refractivity contribution in [2.24, 2.45) is 5.92 Å². The molecule has 19 heavy (non-hydrogen) atoms. The lowest BCUT2D eigenvalue weighted by molar-refractivity contribution is 0.0986. The predicted octanol–water partition coefficient (Wildman–Crippen LogP) is 1.86. The maximum absolute atomic E-state index is 5.81. The molecule has 2 aliphatic heterocycles. The Kier molecular flexibility index (Phi) is 3.58. The van der Waals surface area contributed by atoms with Gasteiger partial charge in [0.05, 0.1) is 12.1 Å². The summed E-state index contributed by atoms with van der Waals surface area (Å²) in [4.78, 5) is 0. The standard InChI is InChI=1S/C14H24N4O/c1-4-11-10(5-8-19-11)13-16-17-14-12(9(2)3)15-6-7-18(13)14/h9-12,15H,4-8H2,1-3H3. The van der Waals surface area contributed by atoms with E-state index in [1.807, 2.05) is 0 Å². The number of nitrogens with one attached hydrogen (secondary N) is 1. The first kappa shape index (κ1) is 13.1. The second-order valence-electron chi connectivity index (χ2n) is 5.96. The first-order chi connectivity index (χ1) is 9.22. The highest BCUT2D eigenvalue weighted by atomic mass is 16.5. The Bertz CT molecular complexity index is 443. The highest BCUT2D eigenvalue weighted by molar-refractivity contribution is 5.11. The van der Waals surface area contributed by atoms with Gasteiger partial charge in [-0.05, 0) is 18.8 Å². The number of ether oxygens (including phenoxy) is 1. The van der Waals surface area contributed by atoms with E-state index in [9.17, 15) is 0 Å². The lowest BCUT2D eigenvalue weighted by Gasteiger charge is -2.28. The van der Waals surface area contributed by atoms with Gasteiger partial charge < -0.3 is 14.6 Å². The van der Waals surface area contributed by atoms with Gasteiger partial charge >= 0.3 is 0 Å². The molecular formula is C14H24N4O. The largest absolute Gasteiger partial charge is 0.377 e. The van der Waals surface area contributed by atoms with E-state index >= 15 is 0 Å². The van der Waals surface area contributed by atoms with Gasteiger partial charge in [0.2, 0.25) is 0 Å². The quantitative estimate of drug-likeness (QED) is 0.905. The molecule has 0 aromatic carbocycles. The van der Waals surface area contributed by atoms with Gasteiger partial charge in [0.1, 0.15) is 5.82 Å². The Morgan fingerprint density at radius 1 is 1.37 bits per heavy atom. The lowest BCUT2D eigenvalue weighted by atomic mass is 9.97. The van der Waals surface area contributed by atoms with Gasteiger partial charge in [-0.25, -0.2) is 0 Å². The van der Waals surface area contributed by atoms with Crippen LogP contribution in [0.2, 0.25) is 0 Å². The second kappa shape index (κ2) is 5.21. The molecule has 1 aromatic rings. The molecule has 0 saturated carbocycles. The van der Waals surface area contributed by atoms with Crippen molar-refractivity contribution in [3.63, 3.8) is 0 Å². The third-order valence-corrected chi connectivity index (χ3v) is 4.40. The van der Waals surface area contributed by atoms with Gasteiger partial charge in [0.15, 0.2) is 5.82 Å². The van der Waals surface area contributed by atoms with Gasteiger partial charge in [-0.15, -0.1) is 10.2 Å². The minimum atomic E-state index is 0.320. The minimum Gasteiger partial charge on any atom is -0.377 e. The van der Waals surface area contributed by atoms with Crippen molar-refractivity contribution in [2.75, 3.05) is 13.2 Å². The van der Waals surface area contributed by atoms with Crippen molar-refractivity contribution in [3.05, 3.63) is 11.6 Å². The van der Waals surface area contributed by atoms with E-state index < -0.39 is 0 Å². The van der Waals surface area contributed by atoms with Crippen LogP contribution in [0.15, 0.2) is 0 Å². The van der Waals surface area contributed by atoms with Crippen LogP contribution in [0, 0.1) is 5.92 Å². The molecule has 3 rings (SSSR count). The zero-order chi connectivity index (χ0) is 13.4. The number of hydrogen-bond acceptors (Lipinski definition) is 4. The zero-order valence-electron chi connectivity index (χ0n) is 12.1. The first-order valence-corrected chi connectivity index (χ1v) is 7.50. The molecule has 1 fully saturated rings. The van der Waals surface area contributed by atoms with E-state index in [1.54, 1.807) is 0 Å². The van der Waals surface area contributed by atoms with E-state index in [-0.39, 0.29) is 0 Å². The minimum absolute atomic E-state index is 0.320. The summed E-state index contributed by atoms with van der Waals surface area (Å²) in [6.07, 6.45) is 2.45. The highest BCUT2D eigenvalue weighted by Gasteiger charge is 2.35. The predicted molar refractivity (Wildman–Crippen MR) is 73.0 cm³/mol. The van der Waals surface area contributed by atoms with Crippen molar-refractivity contribution < 1.29 is 4.74 Å². The summed E-state index contributed by atoms with van der Waals surface area (Å²) in [6, 6.07) is 0.331. The summed E-state index contributed by atoms with van der Waals surface area (Å²) in [5.74, 6) is 3.22. The third kappa shape index (κ3) is 2.19. The monoisotopic (exact) mass is 264 g/mol. The molecule has 1 N–H and O–H groups in total. The molecule has 5 heteroatoms. The van der Waals surface area contributed by atoms with Crippen LogP contribution in [0.3, 0.4) is 0 Å². The molecule has 1 aromatic heterocycles. The Balaban J connectivity index is 1.92. The number of hydrogen-bond donors (Lipinski definition) is 1. The van der Waals surface area contributed by atoms with Crippen molar-refractivity contribution in [1.29, 1.82) is 0 Å².